The summed E-state index contributed by atoms with van der Waals surface area (Å²) < 4.78 is 0. The standard InChI is InChI=1S/C8H9N5O4/c9-7(14)5-1-3-6(4-2-5)12(8(10)11)17-13(15)16/h1-4H,(H2,9,14)(H3,10,11). The molecule has 0 saturated carbocycles. The van der Waals surface area contributed by atoms with Crippen LogP contribution in [0.4, 0.5) is 5.69 Å². The topological polar surface area (TPSA) is 149 Å². The maximum atomic E-state index is 10.8. The number of hydrogen-bond donors (Lipinski definition) is 3. The van der Waals surface area contributed by atoms with Gasteiger partial charge in [-0.3, -0.25) is 10.2 Å². The van der Waals surface area contributed by atoms with Crippen molar-refractivity contribution in [3.8, 4) is 0 Å². The zero-order valence-corrected chi connectivity index (χ0v) is 8.49. The molecule has 0 aliphatic heterocycles. The lowest BCUT2D eigenvalue weighted by molar-refractivity contribution is -0.758. The van der Waals surface area contributed by atoms with Crippen molar-refractivity contribution in [2.75, 3.05) is 5.06 Å². The average molecular weight is 239 g/mol. The van der Waals surface area contributed by atoms with E-state index in [1.165, 1.54) is 24.3 Å². The molecule has 1 aromatic carbocycles. The number of guanidine groups is 1. The molecule has 0 aliphatic rings. The summed E-state index contributed by atoms with van der Waals surface area (Å²) in [6, 6.07) is 5.28. The smallest absolute Gasteiger partial charge is 0.317 e. The summed E-state index contributed by atoms with van der Waals surface area (Å²) in [6.07, 6.45) is 0. The Bertz CT molecular complexity index is 457. The number of carbonyl (C=O) groups excluding carboxylic acids is 1. The van der Waals surface area contributed by atoms with Gasteiger partial charge in [0.2, 0.25) is 11.9 Å². The molecule has 0 spiro atoms. The number of nitrogens with one attached hydrogen (secondary N) is 1. The van der Waals surface area contributed by atoms with Gasteiger partial charge in [0.05, 0.1) is 5.69 Å². The Morgan fingerprint density at radius 1 is 1.35 bits per heavy atom. The van der Waals surface area contributed by atoms with Crippen molar-refractivity contribution >= 4 is 17.6 Å². The fourth-order valence-electron chi connectivity index (χ4n) is 1.06. The number of nitrogens with zero attached hydrogens (tertiary/aromatic N) is 2. The van der Waals surface area contributed by atoms with Crippen LogP contribution in [0.25, 0.3) is 0 Å². The molecule has 5 N–H and O–H groups in total. The summed E-state index contributed by atoms with van der Waals surface area (Å²) in [5, 5.41) is 16.7. The average Bonchev–Trinajstić information content (AvgIpc) is 2.25. The van der Waals surface area contributed by atoms with E-state index in [0.717, 1.165) is 0 Å². The van der Waals surface area contributed by atoms with Gasteiger partial charge in [-0.15, -0.1) is 15.2 Å². The molecule has 1 rings (SSSR count). The SMILES string of the molecule is N=C(N)N(O[N+](=O)[O-])c1ccc(C(N)=O)cc1. The molecular formula is C8H9N5O4. The second-order valence-corrected chi connectivity index (χ2v) is 2.90. The highest BCUT2D eigenvalue weighted by atomic mass is 17.0. The number of hydroxylamine groups is 1. The highest BCUT2D eigenvalue weighted by Crippen LogP contribution is 2.15. The van der Waals surface area contributed by atoms with Gasteiger partial charge in [0.15, 0.2) is 0 Å². The Kier molecular flexibility index (Phi) is 3.44. The summed E-state index contributed by atoms with van der Waals surface area (Å²) in [4.78, 5) is 25.1. The maximum Gasteiger partial charge on any atom is 0.317 e. The van der Waals surface area contributed by atoms with Crippen LogP contribution in [0.2, 0.25) is 0 Å². The lowest BCUT2D eigenvalue weighted by Gasteiger charge is -2.18. The van der Waals surface area contributed by atoms with Crippen LogP contribution in [0, 0.1) is 15.5 Å². The fraction of sp³-hybridized carbons (Fsp3) is 0. The van der Waals surface area contributed by atoms with E-state index >= 15 is 0 Å². The van der Waals surface area contributed by atoms with Gasteiger partial charge in [-0.05, 0) is 24.3 Å². The maximum absolute atomic E-state index is 10.8. The first-order valence-electron chi connectivity index (χ1n) is 4.28. The first-order chi connectivity index (χ1) is 7.91. The van der Waals surface area contributed by atoms with Gasteiger partial charge in [-0.25, -0.2) is 0 Å². The number of carbonyl (C=O) groups is 1. The Hall–Kier alpha value is -2.84. The quantitative estimate of drug-likeness (QED) is 0.282. The van der Waals surface area contributed by atoms with Crippen LogP contribution in [0.3, 0.4) is 0 Å². The molecule has 0 bridgehead atoms. The van der Waals surface area contributed by atoms with E-state index in [1.54, 1.807) is 0 Å². The van der Waals surface area contributed by atoms with E-state index in [9.17, 15) is 14.9 Å². The van der Waals surface area contributed by atoms with Crippen LogP contribution in [0.15, 0.2) is 24.3 Å². The van der Waals surface area contributed by atoms with Crippen molar-refractivity contribution in [1.29, 1.82) is 5.41 Å². The van der Waals surface area contributed by atoms with Crippen LogP contribution in [0.5, 0.6) is 0 Å². The van der Waals surface area contributed by atoms with Crippen molar-refractivity contribution in [2.45, 2.75) is 0 Å². The molecule has 0 aromatic heterocycles. The number of amides is 1. The molecule has 0 radical (unpaired) electrons. The minimum Gasteiger partial charge on any atom is -0.368 e. The zero-order valence-electron chi connectivity index (χ0n) is 8.49. The first-order valence-corrected chi connectivity index (χ1v) is 4.28. The lowest BCUT2D eigenvalue weighted by Crippen LogP contribution is -2.38. The molecule has 0 aliphatic carbocycles. The molecule has 9 nitrogen and oxygen atoms in total. The number of rotatable bonds is 4. The number of nitrogens with two attached hydrogens (primary N) is 2. The van der Waals surface area contributed by atoms with Crippen molar-refractivity contribution in [2.24, 2.45) is 11.5 Å². The van der Waals surface area contributed by atoms with Crippen molar-refractivity contribution < 1.29 is 14.8 Å². The third-order valence-corrected chi connectivity index (χ3v) is 1.75. The predicted octanol–water partition coefficient (Wildman–Crippen LogP) is -0.391. The van der Waals surface area contributed by atoms with Crippen LogP contribution in [0.1, 0.15) is 10.4 Å². The van der Waals surface area contributed by atoms with E-state index < -0.39 is 17.0 Å². The van der Waals surface area contributed by atoms with Gasteiger partial charge in [-0.1, -0.05) is 0 Å². The van der Waals surface area contributed by atoms with Crippen LogP contribution in [-0.4, -0.2) is 17.0 Å². The zero-order chi connectivity index (χ0) is 13.0. The minimum atomic E-state index is -1.11. The number of anilines is 1. The van der Waals surface area contributed by atoms with Crippen LogP contribution in [-0.2, 0) is 4.94 Å². The number of primary amides is 1. The molecule has 0 atom stereocenters. The Labute approximate surface area is 95.1 Å². The second kappa shape index (κ2) is 4.79. The van der Waals surface area contributed by atoms with Gasteiger partial charge in [0.1, 0.15) is 0 Å². The van der Waals surface area contributed by atoms with Crippen LogP contribution >= 0.6 is 0 Å². The number of benzene rings is 1. The Balaban J connectivity index is 2.99. The molecule has 1 aromatic rings. The van der Waals surface area contributed by atoms with E-state index in [1.807, 2.05) is 0 Å². The second-order valence-electron chi connectivity index (χ2n) is 2.90. The molecule has 1 amide bonds. The molecule has 0 heterocycles. The molecular weight excluding hydrogens is 230 g/mol. The van der Waals surface area contributed by atoms with Crippen molar-refractivity contribution in [3.05, 3.63) is 39.9 Å². The van der Waals surface area contributed by atoms with Gasteiger partial charge in [-0.2, -0.15) is 4.94 Å². The Morgan fingerprint density at radius 2 is 1.88 bits per heavy atom. The fourth-order valence-corrected chi connectivity index (χ4v) is 1.06. The molecule has 0 saturated heterocycles. The predicted molar refractivity (Wildman–Crippen MR) is 57.4 cm³/mol. The molecule has 0 unspecified atom stereocenters. The van der Waals surface area contributed by atoms with Gasteiger partial charge in [0.25, 0.3) is 0 Å². The van der Waals surface area contributed by atoms with Gasteiger partial charge < -0.3 is 11.5 Å². The summed E-state index contributed by atoms with van der Waals surface area (Å²) in [5.41, 5.74) is 10.5. The first kappa shape index (κ1) is 12.2. The van der Waals surface area contributed by atoms with Gasteiger partial charge in [0, 0.05) is 5.56 Å². The summed E-state index contributed by atoms with van der Waals surface area (Å²) in [6.45, 7) is 0. The highest BCUT2D eigenvalue weighted by Gasteiger charge is 2.14. The molecule has 17 heavy (non-hydrogen) atoms. The van der Waals surface area contributed by atoms with Crippen molar-refractivity contribution in [3.63, 3.8) is 0 Å². The molecule has 0 fully saturated rings. The molecule has 9 heteroatoms. The van der Waals surface area contributed by atoms with Gasteiger partial charge >= 0.3 is 5.09 Å². The van der Waals surface area contributed by atoms with E-state index in [0.29, 0.717) is 5.06 Å². The van der Waals surface area contributed by atoms with Crippen molar-refractivity contribution in [1.82, 2.24) is 0 Å². The molecule has 90 valence electrons. The third kappa shape index (κ3) is 3.06. The largest absolute Gasteiger partial charge is 0.368 e. The highest BCUT2D eigenvalue weighted by molar-refractivity contribution is 5.94. The number of hydrogen-bond acceptors (Lipinski definition) is 5. The van der Waals surface area contributed by atoms with E-state index in [4.69, 9.17) is 16.9 Å². The minimum absolute atomic E-state index is 0.124. The monoisotopic (exact) mass is 239 g/mol. The van der Waals surface area contributed by atoms with Crippen LogP contribution < -0.4 is 16.5 Å². The summed E-state index contributed by atoms with van der Waals surface area (Å²) in [5.74, 6) is -1.31. The normalized spacial score (nSPS) is 9.41. The third-order valence-electron chi connectivity index (χ3n) is 1.75. The van der Waals surface area contributed by atoms with E-state index in [-0.39, 0.29) is 11.3 Å². The van der Waals surface area contributed by atoms with E-state index in [2.05, 4.69) is 4.94 Å². The summed E-state index contributed by atoms with van der Waals surface area (Å²) in [7, 11) is 0. The Morgan fingerprint density at radius 3 is 2.24 bits per heavy atom. The lowest BCUT2D eigenvalue weighted by atomic mass is 10.2. The summed E-state index contributed by atoms with van der Waals surface area (Å²) >= 11 is 0.